The van der Waals surface area contributed by atoms with Crippen LogP contribution in [0.25, 0.3) is 22.2 Å². The van der Waals surface area contributed by atoms with Crippen LogP contribution in [0.3, 0.4) is 0 Å². The van der Waals surface area contributed by atoms with Gasteiger partial charge in [-0.1, -0.05) is 36.4 Å². The lowest BCUT2D eigenvalue weighted by molar-refractivity contribution is 0.0687. The molecule has 4 aromatic rings. The standard InChI is InChI=1S/C24H24N4O/c1-24(2,29)23-25-14-18(15-26-23)17-11-12-19-21(13-17)28-20(9-6-10-22(28)27-19)16-7-4-3-5-8-16/h3-5,7-8,11-15,20,29H,6,9-10H2,1-2H3/t20-/m0/s1. The lowest BCUT2D eigenvalue weighted by Gasteiger charge is -2.26. The number of hydrogen-bond acceptors (Lipinski definition) is 4. The number of nitrogens with zero attached hydrogens (tertiary/aromatic N) is 4. The summed E-state index contributed by atoms with van der Waals surface area (Å²) in [5, 5.41) is 10.1. The van der Waals surface area contributed by atoms with Crippen LogP contribution in [0.1, 0.15) is 49.9 Å². The molecular formula is C24H24N4O. The zero-order valence-electron chi connectivity index (χ0n) is 16.7. The summed E-state index contributed by atoms with van der Waals surface area (Å²) in [4.78, 5) is 13.6. The number of imidazole rings is 1. The molecule has 1 atom stereocenters. The van der Waals surface area contributed by atoms with Crippen LogP contribution in [0.2, 0.25) is 0 Å². The Morgan fingerprint density at radius 1 is 1.00 bits per heavy atom. The Hall–Kier alpha value is -3.05. The van der Waals surface area contributed by atoms with E-state index in [1.165, 1.54) is 5.56 Å². The largest absolute Gasteiger partial charge is 0.382 e. The topological polar surface area (TPSA) is 63.8 Å². The molecule has 2 aromatic heterocycles. The number of aryl methyl sites for hydroxylation is 1. The summed E-state index contributed by atoms with van der Waals surface area (Å²) in [5.41, 5.74) is 4.45. The lowest BCUT2D eigenvalue weighted by atomic mass is 9.97. The maximum Gasteiger partial charge on any atom is 0.159 e. The van der Waals surface area contributed by atoms with E-state index in [4.69, 9.17) is 4.98 Å². The van der Waals surface area contributed by atoms with Crippen molar-refractivity contribution >= 4 is 11.0 Å². The van der Waals surface area contributed by atoms with E-state index in [-0.39, 0.29) is 0 Å². The van der Waals surface area contributed by atoms with Crippen LogP contribution in [0.5, 0.6) is 0 Å². The molecule has 29 heavy (non-hydrogen) atoms. The molecule has 0 unspecified atom stereocenters. The third-order valence-corrected chi connectivity index (χ3v) is 5.67. The number of fused-ring (bicyclic) bond motifs is 3. The Morgan fingerprint density at radius 3 is 2.48 bits per heavy atom. The molecule has 0 aliphatic carbocycles. The van der Waals surface area contributed by atoms with Crippen LogP contribution in [0.4, 0.5) is 0 Å². The van der Waals surface area contributed by atoms with Gasteiger partial charge in [0.05, 0.1) is 17.1 Å². The molecule has 0 bridgehead atoms. The molecule has 0 saturated heterocycles. The Labute approximate surface area is 170 Å². The van der Waals surface area contributed by atoms with E-state index in [9.17, 15) is 5.11 Å². The molecule has 0 spiro atoms. The second-order valence-electron chi connectivity index (χ2n) is 8.27. The van der Waals surface area contributed by atoms with Crippen LogP contribution >= 0.6 is 0 Å². The van der Waals surface area contributed by atoms with Crippen molar-refractivity contribution in [1.82, 2.24) is 19.5 Å². The second-order valence-corrected chi connectivity index (χ2v) is 8.27. The monoisotopic (exact) mass is 384 g/mol. The highest BCUT2D eigenvalue weighted by molar-refractivity contribution is 5.83. The molecule has 0 radical (unpaired) electrons. The quantitative estimate of drug-likeness (QED) is 0.559. The Balaban J connectivity index is 1.61. The predicted octanol–water partition coefficient (Wildman–Crippen LogP) is 4.65. The molecule has 0 amide bonds. The van der Waals surface area contributed by atoms with Gasteiger partial charge in [-0.25, -0.2) is 15.0 Å². The van der Waals surface area contributed by atoms with E-state index in [2.05, 4.69) is 63.1 Å². The molecule has 146 valence electrons. The van der Waals surface area contributed by atoms with Crippen molar-refractivity contribution in [2.45, 2.75) is 44.8 Å². The fourth-order valence-electron chi connectivity index (χ4n) is 4.21. The summed E-state index contributed by atoms with van der Waals surface area (Å²) in [5.74, 6) is 1.58. The van der Waals surface area contributed by atoms with Gasteiger partial charge in [-0.05, 0) is 49.9 Å². The normalized spacial score (nSPS) is 16.7. The van der Waals surface area contributed by atoms with Crippen molar-refractivity contribution in [3.05, 3.63) is 78.1 Å². The molecule has 1 aliphatic heterocycles. The van der Waals surface area contributed by atoms with Crippen molar-refractivity contribution < 1.29 is 5.11 Å². The summed E-state index contributed by atoms with van der Waals surface area (Å²) in [7, 11) is 0. The highest BCUT2D eigenvalue weighted by Gasteiger charge is 2.25. The fourth-order valence-corrected chi connectivity index (χ4v) is 4.21. The van der Waals surface area contributed by atoms with E-state index in [1.807, 2.05) is 0 Å². The van der Waals surface area contributed by atoms with Crippen molar-refractivity contribution in [3.63, 3.8) is 0 Å². The van der Waals surface area contributed by atoms with Crippen molar-refractivity contribution in [2.24, 2.45) is 0 Å². The van der Waals surface area contributed by atoms with E-state index < -0.39 is 5.60 Å². The highest BCUT2D eigenvalue weighted by Crippen LogP contribution is 2.35. The lowest BCUT2D eigenvalue weighted by Crippen LogP contribution is -2.19. The Kier molecular flexibility index (Phi) is 4.21. The first-order valence-corrected chi connectivity index (χ1v) is 10.1. The number of hydrogen-bond donors (Lipinski definition) is 1. The second kappa shape index (κ2) is 6.78. The molecule has 3 heterocycles. The fraction of sp³-hybridized carbons (Fsp3) is 0.292. The maximum atomic E-state index is 10.1. The summed E-state index contributed by atoms with van der Waals surface area (Å²) < 4.78 is 2.41. The van der Waals surface area contributed by atoms with E-state index in [0.29, 0.717) is 11.9 Å². The molecule has 5 nitrogen and oxygen atoms in total. The zero-order valence-corrected chi connectivity index (χ0v) is 16.7. The SMILES string of the molecule is CC(C)(O)c1ncc(-c2ccc3nc4n(c3c2)[C@H](c2ccccc2)CCC4)cn1. The van der Waals surface area contributed by atoms with Gasteiger partial charge in [-0.2, -0.15) is 0 Å². The maximum absolute atomic E-state index is 10.1. The van der Waals surface area contributed by atoms with E-state index in [1.54, 1.807) is 26.2 Å². The summed E-state index contributed by atoms with van der Waals surface area (Å²) in [6, 6.07) is 17.4. The van der Waals surface area contributed by atoms with Gasteiger partial charge >= 0.3 is 0 Å². The van der Waals surface area contributed by atoms with Crippen LogP contribution in [0, 0.1) is 0 Å². The van der Waals surface area contributed by atoms with E-state index >= 15 is 0 Å². The summed E-state index contributed by atoms with van der Waals surface area (Å²) in [6.45, 7) is 3.38. The molecule has 1 aliphatic rings. The molecular weight excluding hydrogens is 360 g/mol. The number of benzene rings is 2. The minimum atomic E-state index is -1.05. The van der Waals surface area contributed by atoms with Crippen molar-refractivity contribution in [1.29, 1.82) is 0 Å². The summed E-state index contributed by atoms with van der Waals surface area (Å²) in [6.07, 6.45) is 6.85. The highest BCUT2D eigenvalue weighted by atomic mass is 16.3. The van der Waals surface area contributed by atoms with Gasteiger partial charge in [0.25, 0.3) is 0 Å². The first kappa shape index (κ1) is 18.0. The van der Waals surface area contributed by atoms with Gasteiger partial charge < -0.3 is 9.67 Å². The first-order chi connectivity index (χ1) is 14.0. The molecule has 0 saturated carbocycles. The van der Waals surface area contributed by atoms with Gasteiger partial charge in [0, 0.05) is 24.4 Å². The zero-order chi connectivity index (χ0) is 20.0. The minimum Gasteiger partial charge on any atom is -0.382 e. The smallest absolute Gasteiger partial charge is 0.159 e. The Bertz CT molecular complexity index is 1160. The first-order valence-electron chi connectivity index (χ1n) is 10.1. The van der Waals surface area contributed by atoms with Gasteiger partial charge in [-0.3, -0.25) is 0 Å². The third-order valence-electron chi connectivity index (χ3n) is 5.67. The minimum absolute atomic E-state index is 0.314. The predicted molar refractivity (Wildman–Crippen MR) is 114 cm³/mol. The van der Waals surface area contributed by atoms with Crippen molar-refractivity contribution in [3.8, 4) is 11.1 Å². The van der Waals surface area contributed by atoms with Gasteiger partial charge in [0.2, 0.25) is 0 Å². The summed E-state index contributed by atoms with van der Waals surface area (Å²) >= 11 is 0. The number of aliphatic hydroxyl groups is 1. The van der Waals surface area contributed by atoms with Gasteiger partial charge in [0.1, 0.15) is 11.4 Å². The van der Waals surface area contributed by atoms with E-state index in [0.717, 1.165) is 47.2 Å². The molecule has 5 heteroatoms. The average Bonchev–Trinajstić information content (AvgIpc) is 3.12. The average molecular weight is 384 g/mol. The van der Waals surface area contributed by atoms with Crippen molar-refractivity contribution in [2.75, 3.05) is 0 Å². The third kappa shape index (κ3) is 3.21. The Morgan fingerprint density at radius 2 is 1.76 bits per heavy atom. The molecule has 1 N–H and O–H groups in total. The van der Waals surface area contributed by atoms with Gasteiger partial charge in [0.15, 0.2) is 5.82 Å². The van der Waals surface area contributed by atoms with Crippen LogP contribution < -0.4 is 0 Å². The molecule has 5 rings (SSSR count). The molecule has 2 aromatic carbocycles. The number of rotatable bonds is 3. The molecule has 0 fully saturated rings. The van der Waals surface area contributed by atoms with Crippen LogP contribution in [0.15, 0.2) is 60.9 Å². The van der Waals surface area contributed by atoms with Gasteiger partial charge in [-0.15, -0.1) is 0 Å². The van der Waals surface area contributed by atoms with Crippen LogP contribution in [-0.4, -0.2) is 24.6 Å². The van der Waals surface area contributed by atoms with Crippen LogP contribution in [-0.2, 0) is 12.0 Å². The number of aromatic nitrogens is 4.